The van der Waals surface area contributed by atoms with Crippen LogP contribution >= 0.6 is 24.0 Å². The van der Waals surface area contributed by atoms with Crippen molar-refractivity contribution < 1.29 is 4.52 Å². The first-order chi connectivity index (χ1) is 13.3. The molecule has 0 saturated heterocycles. The molecule has 0 unspecified atom stereocenters. The van der Waals surface area contributed by atoms with E-state index in [2.05, 4.69) is 37.7 Å². The highest BCUT2D eigenvalue weighted by atomic mass is 127. The average Bonchev–Trinajstić information content (AvgIpc) is 3.18. The number of nitrogens with zero attached hydrogens (tertiary/aromatic N) is 4. The number of aromatic nitrogens is 3. The number of hydrogen-bond acceptors (Lipinski definition) is 5. The molecule has 1 aliphatic rings. The molecule has 8 heteroatoms. The molecule has 2 aromatic rings. The Kier molecular flexibility index (Phi) is 9.66. The minimum Gasteiger partial charge on any atom is -0.356 e. The topological polar surface area (TPSA) is 88.2 Å². The summed E-state index contributed by atoms with van der Waals surface area (Å²) in [7, 11) is 1.81. The molecule has 3 rings (SSSR count). The monoisotopic (exact) mass is 498 g/mol. The fraction of sp³-hybridized carbons (Fsp3) is 0.600. The van der Waals surface area contributed by atoms with Crippen molar-refractivity contribution in [2.45, 2.75) is 57.9 Å². The van der Waals surface area contributed by atoms with Gasteiger partial charge in [-0.25, -0.2) is 0 Å². The molecule has 0 amide bonds. The van der Waals surface area contributed by atoms with E-state index in [0.717, 1.165) is 11.9 Å². The van der Waals surface area contributed by atoms with Crippen molar-refractivity contribution in [3.05, 3.63) is 30.2 Å². The van der Waals surface area contributed by atoms with Gasteiger partial charge in [-0.2, -0.15) is 4.98 Å². The van der Waals surface area contributed by atoms with E-state index in [1.165, 1.54) is 38.5 Å². The third-order valence-corrected chi connectivity index (χ3v) is 5.10. The molecule has 2 N–H and O–H groups in total. The van der Waals surface area contributed by atoms with Crippen molar-refractivity contribution >= 4 is 29.9 Å². The maximum Gasteiger partial charge on any atom is 0.276 e. The Morgan fingerprint density at radius 2 is 2.07 bits per heavy atom. The summed E-state index contributed by atoms with van der Waals surface area (Å²) in [5, 5.41) is 10.9. The average molecular weight is 498 g/mol. The molecule has 0 radical (unpaired) electrons. The molecule has 154 valence electrons. The first-order valence-corrected chi connectivity index (χ1v) is 9.99. The zero-order valence-corrected chi connectivity index (χ0v) is 19.1. The SMILES string of the molecule is CCCC1CCC(NC(=NC)NCCc2noc(-c3ccccn3)n2)CC1.I. The molecule has 0 atom stereocenters. The molecule has 1 saturated carbocycles. The van der Waals surface area contributed by atoms with E-state index in [0.29, 0.717) is 36.4 Å². The van der Waals surface area contributed by atoms with Gasteiger partial charge in [-0.3, -0.25) is 9.98 Å². The Morgan fingerprint density at radius 3 is 2.75 bits per heavy atom. The van der Waals surface area contributed by atoms with Crippen LogP contribution in [0, 0.1) is 5.92 Å². The molecule has 28 heavy (non-hydrogen) atoms. The van der Waals surface area contributed by atoms with Crippen LogP contribution in [0.15, 0.2) is 33.9 Å². The lowest BCUT2D eigenvalue weighted by molar-refractivity contribution is 0.295. The molecule has 1 aliphatic carbocycles. The molecule has 2 heterocycles. The first-order valence-electron chi connectivity index (χ1n) is 9.99. The molecule has 0 bridgehead atoms. The fourth-order valence-electron chi connectivity index (χ4n) is 3.63. The molecule has 1 fully saturated rings. The zero-order valence-electron chi connectivity index (χ0n) is 16.7. The van der Waals surface area contributed by atoms with Gasteiger partial charge >= 0.3 is 0 Å². The van der Waals surface area contributed by atoms with Gasteiger partial charge in [-0.1, -0.05) is 31.0 Å². The molecule has 2 aromatic heterocycles. The highest BCUT2D eigenvalue weighted by Crippen LogP contribution is 2.27. The second-order valence-corrected chi connectivity index (χ2v) is 7.13. The number of hydrogen-bond donors (Lipinski definition) is 2. The van der Waals surface area contributed by atoms with Gasteiger partial charge in [0.05, 0.1) is 0 Å². The van der Waals surface area contributed by atoms with Gasteiger partial charge in [0.15, 0.2) is 11.8 Å². The van der Waals surface area contributed by atoms with Crippen LogP contribution in [0.3, 0.4) is 0 Å². The van der Waals surface area contributed by atoms with Crippen LogP contribution in [0.5, 0.6) is 0 Å². The van der Waals surface area contributed by atoms with Crippen molar-refractivity contribution in [2.24, 2.45) is 10.9 Å². The smallest absolute Gasteiger partial charge is 0.276 e. The molecule has 0 spiro atoms. The van der Waals surface area contributed by atoms with Gasteiger partial charge in [0.25, 0.3) is 5.89 Å². The third kappa shape index (κ3) is 6.72. The molecule has 7 nitrogen and oxygen atoms in total. The lowest BCUT2D eigenvalue weighted by atomic mass is 9.83. The lowest BCUT2D eigenvalue weighted by Crippen LogP contribution is -2.45. The van der Waals surface area contributed by atoms with E-state index in [1.54, 1.807) is 6.20 Å². The van der Waals surface area contributed by atoms with Gasteiger partial charge in [-0.15, -0.1) is 24.0 Å². The second-order valence-electron chi connectivity index (χ2n) is 7.13. The quantitative estimate of drug-likeness (QED) is 0.343. The van der Waals surface area contributed by atoms with Crippen LogP contribution in [0.1, 0.15) is 51.3 Å². The van der Waals surface area contributed by atoms with Crippen molar-refractivity contribution in [3.8, 4) is 11.6 Å². The van der Waals surface area contributed by atoms with Crippen molar-refractivity contribution in [1.82, 2.24) is 25.8 Å². The molecule has 0 aliphatic heterocycles. The van der Waals surface area contributed by atoms with Crippen LogP contribution in [0.25, 0.3) is 11.6 Å². The number of halogens is 1. The third-order valence-electron chi connectivity index (χ3n) is 5.10. The number of pyridine rings is 1. The summed E-state index contributed by atoms with van der Waals surface area (Å²) in [5.41, 5.74) is 0.695. The van der Waals surface area contributed by atoms with E-state index in [-0.39, 0.29) is 24.0 Å². The summed E-state index contributed by atoms with van der Waals surface area (Å²) in [6.45, 7) is 2.98. The summed E-state index contributed by atoms with van der Waals surface area (Å²) >= 11 is 0. The Balaban J connectivity index is 0.00000280. The lowest BCUT2D eigenvalue weighted by Gasteiger charge is -2.30. The van der Waals surface area contributed by atoms with E-state index in [1.807, 2.05) is 25.2 Å². The molecular formula is C20H31IN6O. The van der Waals surface area contributed by atoms with Crippen LogP contribution in [-0.4, -0.2) is 40.7 Å². The first kappa shape index (κ1) is 22.6. The van der Waals surface area contributed by atoms with Gasteiger partial charge in [0.2, 0.25) is 0 Å². The minimum atomic E-state index is 0. The van der Waals surface area contributed by atoms with E-state index >= 15 is 0 Å². The van der Waals surface area contributed by atoms with Crippen molar-refractivity contribution in [1.29, 1.82) is 0 Å². The van der Waals surface area contributed by atoms with E-state index in [4.69, 9.17) is 4.52 Å². The van der Waals surface area contributed by atoms with Crippen LogP contribution in [0.2, 0.25) is 0 Å². The largest absolute Gasteiger partial charge is 0.356 e. The standard InChI is InChI=1S/C20H30N6O.HI/c1-3-6-15-8-10-16(11-9-15)24-20(21-2)23-14-12-18-25-19(27-26-18)17-7-4-5-13-22-17;/h4-5,7,13,15-16H,3,6,8-12,14H2,1-2H3,(H2,21,23,24);1H. The van der Waals surface area contributed by atoms with Crippen molar-refractivity contribution in [3.63, 3.8) is 0 Å². The number of nitrogens with one attached hydrogen (secondary N) is 2. The Bertz CT molecular complexity index is 712. The minimum absolute atomic E-state index is 0. The summed E-state index contributed by atoms with van der Waals surface area (Å²) in [4.78, 5) is 13.0. The zero-order chi connectivity index (χ0) is 18.9. The molecule has 0 aromatic carbocycles. The van der Waals surface area contributed by atoms with Crippen LogP contribution < -0.4 is 10.6 Å². The normalized spacial score (nSPS) is 19.7. The van der Waals surface area contributed by atoms with E-state index < -0.39 is 0 Å². The van der Waals surface area contributed by atoms with Crippen molar-refractivity contribution in [2.75, 3.05) is 13.6 Å². The highest BCUT2D eigenvalue weighted by Gasteiger charge is 2.21. The maximum atomic E-state index is 5.29. The fourth-order valence-corrected chi connectivity index (χ4v) is 3.63. The van der Waals surface area contributed by atoms with Crippen LogP contribution in [-0.2, 0) is 6.42 Å². The molecular weight excluding hydrogens is 467 g/mol. The predicted molar refractivity (Wildman–Crippen MR) is 122 cm³/mol. The predicted octanol–water partition coefficient (Wildman–Crippen LogP) is 3.82. The highest BCUT2D eigenvalue weighted by molar-refractivity contribution is 14.0. The van der Waals surface area contributed by atoms with Gasteiger partial charge < -0.3 is 15.2 Å². The maximum absolute atomic E-state index is 5.29. The number of aliphatic imine (C=N–C) groups is 1. The number of guanidine groups is 1. The van der Waals surface area contributed by atoms with Crippen LogP contribution in [0.4, 0.5) is 0 Å². The van der Waals surface area contributed by atoms with Gasteiger partial charge in [-0.05, 0) is 43.7 Å². The Morgan fingerprint density at radius 1 is 1.25 bits per heavy atom. The summed E-state index contributed by atoms with van der Waals surface area (Å²) < 4.78 is 5.29. The summed E-state index contributed by atoms with van der Waals surface area (Å²) in [5.74, 6) is 2.88. The summed E-state index contributed by atoms with van der Waals surface area (Å²) in [6, 6.07) is 6.14. The Labute approximate surface area is 184 Å². The second kappa shape index (κ2) is 12.0. The number of rotatable bonds is 7. The van der Waals surface area contributed by atoms with Gasteiger partial charge in [0.1, 0.15) is 5.69 Å². The van der Waals surface area contributed by atoms with Gasteiger partial charge in [0, 0.05) is 32.3 Å². The Hall–Kier alpha value is -1.71. The van der Waals surface area contributed by atoms with E-state index in [9.17, 15) is 0 Å². The summed E-state index contributed by atoms with van der Waals surface area (Å²) in [6.07, 6.45) is 10.1.